The smallest absolute Gasteiger partial charge is 0.243 e. The van der Waals surface area contributed by atoms with Crippen molar-refractivity contribution in [3.63, 3.8) is 0 Å². The Hall–Kier alpha value is -3.28. The van der Waals surface area contributed by atoms with Crippen LogP contribution in [0.5, 0.6) is 11.5 Å². The first-order valence-corrected chi connectivity index (χ1v) is 12.8. The second-order valence-electron chi connectivity index (χ2n) is 9.69. The minimum absolute atomic E-state index is 0.106. The maximum absolute atomic E-state index is 14.1. The van der Waals surface area contributed by atoms with Crippen molar-refractivity contribution >= 4 is 16.9 Å². The predicted molar refractivity (Wildman–Crippen MR) is 139 cm³/mol. The molecule has 0 saturated heterocycles. The Bertz CT molecular complexity index is 1210. The zero-order chi connectivity index (χ0) is 24.2. The molecule has 0 bridgehead atoms. The normalized spacial score (nSPS) is 19.4. The summed E-state index contributed by atoms with van der Waals surface area (Å²) in [6.07, 6.45) is 13.1. The highest BCUT2D eigenvalue weighted by atomic mass is 16.5. The number of imidazole rings is 1. The standard InChI is InChI=1S/C29H35N3O3/c1-34-22-17-18-23(26(19-22)35-2)28-31-24-15-9-10-16-25(24)32(28)27(20-11-5-3-6-12-20)29(33)30-21-13-7-4-8-14-21/h3,5,9-10,15-21,27H,4,6-8,11-14H2,1-2H3,(H,30,33). The van der Waals surface area contributed by atoms with Crippen molar-refractivity contribution in [3.05, 3.63) is 54.6 Å². The fourth-order valence-electron chi connectivity index (χ4n) is 5.68. The van der Waals surface area contributed by atoms with Gasteiger partial charge in [-0.2, -0.15) is 0 Å². The van der Waals surface area contributed by atoms with E-state index >= 15 is 0 Å². The van der Waals surface area contributed by atoms with Crippen LogP contribution in [0.1, 0.15) is 57.4 Å². The number of ether oxygens (including phenoxy) is 2. The topological polar surface area (TPSA) is 65.4 Å². The van der Waals surface area contributed by atoms with E-state index in [9.17, 15) is 4.79 Å². The molecule has 2 atom stereocenters. The molecule has 1 N–H and O–H groups in total. The lowest BCUT2D eigenvalue weighted by atomic mass is 9.86. The third-order valence-corrected chi connectivity index (χ3v) is 7.50. The van der Waals surface area contributed by atoms with Gasteiger partial charge in [-0.3, -0.25) is 4.79 Å². The molecule has 5 rings (SSSR count). The summed E-state index contributed by atoms with van der Waals surface area (Å²) in [7, 11) is 3.30. The molecule has 3 aromatic rings. The summed E-state index contributed by atoms with van der Waals surface area (Å²) >= 11 is 0. The molecule has 6 heteroatoms. The van der Waals surface area contributed by atoms with Crippen molar-refractivity contribution in [3.8, 4) is 22.9 Å². The van der Waals surface area contributed by atoms with Crippen LogP contribution >= 0.6 is 0 Å². The van der Waals surface area contributed by atoms with Crippen LogP contribution in [-0.2, 0) is 4.79 Å². The van der Waals surface area contributed by atoms with E-state index < -0.39 is 0 Å². The van der Waals surface area contributed by atoms with E-state index in [4.69, 9.17) is 14.5 Å². The average Bonchev–Trinajstić information content (AvgIpc) is 3.28. The molecule has 1 heterocycles. The van der Waals surface area contributed by atoms with Gasteiger partial charge in [-0.25, -0.2) is 4.98 Å². The number of carbonyl (C=O) groups is 1. The third-order valence-electron chi connectivity index (χ3n) is 7.50. The largest absolute Gasteiger partial charge is 0.497 e. The number of aromatic nitrogens is 2. The maximum Gasteiger partial charge on any atom is 0.243 e. The molecule has 1 fully saturated rings. The number of fused-ring (bicyclic) bond motifs is 1. The number of amides is 1. The van der Waals surface area contributed by atoms with Crippen molar-refractivity contribution in [1.82, 2.24) is 14.9 Å². The van der Waals surface area contributed by atoms with Gasteiger partial charge in [-0.1, -0.05) is 43.5 Å². The highest BCUT2D eigenvalue weighted by Crippen LogP contribution is 2.40. The number of carbonyl (C=O) groups excluding carboxylic acids is 1. The SMILES string of the molecule is COc1ccc(-c2nc3ccccc3n2C(C(=O)NC2CCCCC2)C2CC=CCC2)c(OC)c1. The first-order chi connectivity index (χ1) is 17.2. The number of nitrogens with one attached hydrogen (secondary N) is 1. The van der Waals surface area contributed by atoms with Gasteiger partial charge in [0.2, 0.25) is 5.91 Å². The Morgan fingerprint density at radius 3 is 2.60 bits per heavy atom. The Kier molecular flexibility index (Phi) is 7.07. The number of allylic oxidation sites excluding steroid dienone is 2. The number of methoxy groups -OCH3 is 2. The molecule has 1 saturated carbocycles. The summed E-state index contributed by atoms with van der Waals surface area (Å²) in [6.45, 7) is 0. The van der Waals surface area contributed by atoms with E-state index in [0.29, 0.717) is 5.75 Å². The number of benzene rings is 2. The van der Waals surface area contributed by atoms with Gasteiger partial charge in [0.25, 0.3) is 0 Å². The molecule has 2 aromatic carbocycles. The summed E-state index contributed by atoms with van der Waals surface area (Å²) in [5.74, 6) is 2.45. The summed E-state index contributed by atoms with van der Waals surface area (Å²) in [4.78, 5) is 19.1. The summed E-state index contributed by atoms with van der Waals surface area (Å²) in [5, 5.41) is 3.43. The summed E-state index contributed by atoms with van der Waals surface area (Å²) in [5.41, 5.74) is 2.70. The Labute approximate surface area is 207 Å². The lowest BCUT2D eigenvalue weighted by molar-refractivity contribution is -0.126. The van der Waals surface area contributed by atoms with E-state index in [-0.39, 0.29) is 23.9 Å². The fourth-order valence-corrected chi connectivity index (χ4v) is 5.68. The molecule has 2 unspecified atom stereocenters. The van der Waals surface area contributed by atoms with Gasteiger partial charge in [0.1, 0.15) is 23.4 Å². The Morgan fingerprint density at radius 2 is 1.86 bits per heavy atom. The monoisotopic (exact) mass is 473 g/mol. The van der Waals surface area contributed by atoms with Crippen LogP contribution < -0.4 is 14.8 Å². The minimum Gasteiger partial charge on any atom is -0.497 e. The van der Waals surface area contributed by atoms with Gasteiger partial charge in [0, 0.05) is 12.1 Å². The van der Waals surface area contributed by atoms with Crippen molar-refractivity contribution < 1.29 is 14.3 Å². The lowest BCUT2D eigenvalue weighted by Gasteiger charge is -2.32. The molecule has 1 amide bonds. The molecular formula is C29H35N3O3. The lowest BCUT2D eigenvalue weighted by Crippen LogP contribution is -2.43. The van der Waals surface area contributed by atoms with E-state index in [0.717, 1.165) is 60.3 Å². The molecule has 1 aromatic heterocycles. The molecule has 0 radical (unpaired) electrons. The quantitative estimate of drug-likeness (QED) is 0.423. The van der Waals surface area contributed by atoms with Crippen LogP contribution in [0.25, 0.3) is 22.4 Å². The van der Waals surface area contributed by atoms with Gasteiger partial charge < -0.3 is 19.4 Å². The molecule has 35 heavy (non-hydrogen) atoms. The first-order valence-electron chi connectivity index (χ1n) is 12.8. The van der Waals surface area contributed by atoms with Crippen molar-refractivity contribution in [2.24, 2.45) is 5.92 Å². The highest BCUT2D eigenvalue weighted by molar-refractivity contribution is 5.88. The van der Waals surface area contributed by atoms with Crippen molar-refractivity contribution in [1.29, 1.82) is 0 Å². The van der Waals surface area contributed by atoms with Gasteiger partial charge >= 0.3 is 0 Å². The zero-order valence-electron chi connectivity index (χ0n) is 20.7. The molecular weight excluding hydrogens is 438 g/mol. The van der Waals surface area contributed by atoms with E-state index in [2.05, 4.69) is 28.1 Å². The van der Waals surface area contributed by atoms with E-state index in [1.807, 2.05) is 36.4 Å². The van der Waals surface area contributed by atoms with E-state index in [1.54, 1.807) is 14.2 Å². The third kappa shape index (κ3) is 4.79. The van der Waals surface area contributed by atoms with Gasteiger partial charge in [-0.05, 0) is 62.3 Å². The Morgan fingerprint density at radius 1 is 1.03 bits per heavy atom. The number of nitrogens with zero attached hydrogens (tertiary/aromatic N) is 2. The molecule has 184 valence electrons. The molecule has 0 aliphatic heterocycles. The fraction of sp³-hybridized carbons (Fsp3) is 0.448. The second-order valence-corrected chi connectivity index (χ2v) is 9.69. The van der Waals surface area contributed by atoms with Gasteiger partial charge in [-0.15, -0.1) is 0 Å². The molecule has 2 aliphatic carbocycles. The maximum atomic E-state index is 14.1. The van der Waals surface area contributed by atoms with Crippen LogP contribution in [0.4, 0.5) is 0 Å². The zero-order valence-corrected chi connectivity index (χ0v) is 20.7. The molecule has 2 aliphatic rings. The minimum atomic E-state index is -0.351. The predicted octanol–water partition coefficient (Wildman–Crippen LogP) is 6.07. The average molecular weight is 474 g/mol. The van der Waals surface area contributed by atoms with Crippen LogP contribution in [0.3, 0.4) is 0 Å². The number of rotatable bonds is 7. The highest BCUT2D eigenvalue weighted by Gasteiger charge is 2.35. The van der Waals surface area contributed by atoms with Crippen molar-refractivity contribution in [2.75, 3.05) is 14.2 Å². The Balaban J connectivity index is 1.65. The number of hydrogen-bond donors (Lipinski definition) is 1. The van der Waals surface area contributed by atoms with Crippen LogP contribution in [0.2, 0.25) is 0 Å². The van der Waals surface area contributed by atoms with Crippen molar-refractivity contribution in [2.45, 2.75) is 63.5 Å². The van der Waals surface area contributed by atoms with Crippen LogP contribution in [0.15, 0.2) is 54.6 Å². The molecule has 0 spiro atoms. The first kappa shape index (κ1) is 23.5. The van der Waals surface area contributed by atoms with E-state index in [1.165, 1.54) is 19.3 Å². The molecule has 6 nitrogen and oxygen atoms in total. The second kappa shape index (κ2) is 10.5. The van der Waals surface area contributed by atoms with Crippen LogP contribution in [-0.4, -0.2) is 35.7 Å². The van der Waals surface area contributed by atoms with Gasteiger partial charge in [0.05, 0.1) is 30.8 Å². The van der Waals surface area contributed by atoms with Crippen LogP contribution in [0, 0.1) is 5.92 Å². The number of para-hydroxylation sites is 2. The van der Waals surface area contributed by atoms with Gasteiger partial charge in [0.15, 0.2) is 0 Å². The summed E-state index contributed by atoms with van der Waals surface area (Å²) in [6, 6.07) is 13.8. The summed E-state index contributed by atoms with van der Waals surface area (Å²) < 4.78 is 13.3. The number of hydrogen-bond acceptors (Lipinski definition) is 4.